The molecule has 0 saturated carbocycles. The van der Waals surface area contributed by atoms with Gasteiger partial charge in [-0.05, 0) is 45.1 Å². The quantitative estimate of drug-likeness (QED) is 0.864. The molecular formula is C19H26N2O5. The number of nitrogens with zero attached hydrogens (tertiary/aromatic N) is 2. The summed E-state index contributed by atoms with van der Waals surface area (Å²) in [7, 11) is 0. The summed E-state index contributed by atoms with van der Waals surface area (Å²) in [5.41, 5.74) is 0.542. The summed E-state index contributed by atoms with van der Waals surface area (Å²) < 4.78 is 11.2. The van der Waals surface area contributed by atoms with E-state index in [1.807, 2.05) is 13.8 Å². The summed E-state index contributed by atoms with van der Waals surface area (Å²) in [6, 6.07) is 3.45. The van der Waals surface area contributed by atoms with Crippen molar-refractivity contribution in [1.29, 1.82) is 0 Å². The number of piperidine rings is 1. The molecule has 1 amide bonds. The first kappa shape index (κ1) is 18.6. The van der Waals surface area contributed by atoms with Crippen LogP contribution in [0, 0.1) is 11.8 Å². The SMILES string of the molecule is CC(C)Oc1ccc(C(=O)N2CCC([C@@H]3OCCC3C(=O)O)CC2)cn1. The molecule has 0 aromatic carbocycles. The van der Waals surface area contributed by atoms with Gasteiger partial charge in [0, 0.05) is 32.0 Å². The Morgan fingerprint density at radius 2 is 2.00 bits per heavy atom. The van der Waals surface area contributed by atoms with E-state index >= 15 is 0 Å². The number of rotatable bonds is 5. The fourth-order valence-corrected chi connectivity index (χ4v) is 3.77. The van der Waals surface area contributed by atoms with Crippen LogP contribution in [-0.4, -0.2) is 58.8 Å². The monoisotopic (exact) mass is 362 g/mol. The van der Waals surface area contributed by atoms with E-state index in [4.69, 9.17) is 9.47 Å². The van der Waals surface area contributed by atoms with Crippen molar-refractivity contribution >= 4 is 11.9 Å². The molecule has 1 aromatic rings. The third-order valence-corrected chi connectivity index (χ3v) is 5.08. The number of hydrogen-bond acceptors (Lipinski definition) is 5. The topological polar surface area (TPSA) is 89.0 Å². The minimum Gasteiger partial charge on any atom is -0.481 e. The molecule has 0 spiro atoms. The van der Waals surface area contributed by atoms with Crippen molar-refractivity contribution in [1.82, 2.24) is 9.88 Å². The van der Waals surface area contributed by atoms with Crippen LogP contribution in [0.2, 0.25) is 0 Å². The Bertz CT molecular complexity index is 638. The second-order valence-corrected chi connectivity index (χ2v) is 7.25. The average molecular weight is 362 g/mol. The molecule has 7 heteroatoms. The molecule has 0 bridgehead atoms. The van der Waals surface area contributed by atoms with Crippen molar-refractivity contribution in [2.24, 2.45) is 11.8 Å². The summed E-state index contributed by atoms with van der Waals surface area (Å²) in [5, 5.41) is 9.32. The number of carbonyl (C=O) groups excluding carboxylic acids is 1. The maximum atomic E-state index is 12.7. The minimum absolute atomic E-state index is 0.0375. The van der Waals surface area contributed by atoms with Crippen LogP contribution in [0.1, 0.15) is 43.5 Å². The molecule has 7 nitrogen and oxygen atoms in total. The molecule has 3 heterocycles. The Kier molecular flexibility index (Phi) is 5.76. The molecule has 2 atom stereocenters. The molecule has 1 aromatic heterocycles. The zero-order valence-electron chi connectivity index (χ0n) is 15.3. The molecule has 0 radical (unpaired) electrons. The maximum Gasteiger partial charge on any atom is 0.309 e. The lowest BCUT2D eigenvalue weighted by atomic mass is 9.84. The second-order valence-electron chi connectivity index (χ2n) is 7.25. The van der Waals surface area contributed by atoms with Crippen LogP contribution in [0.5, 0.6) is 5.88 Å². The fourth-order valence-electron chi connectivity index (χ4n) is 3.77. The Hall–Kier alpha value is -2.15. The van der Waals surface area contributed by atoms with Gasteiger partial charge in [0.15, 0.2) is 0 Å². The van der Waals surface area contributed by atoms with E-state index in [2.05, 4.69) is 4.98 Å². The first-order valence-corrected chi connectivity index (χ1v) is 9.22. The number of carboxylic acids is 1. The molecule has 1 N–H and O–H groups in total. The predicted octanol–water partition coefficient (Wildman–Crippen LogP) is 2.21. The molecule has 26 heavy (non-hydrogen) atoms. The van der Waals surface area contributed by atoms with Crippen LogP contribution in [-0.2, 0) is 9.53 Å². The Morgan fingerprint density at radius 1 is 1.27 bits per heavy atom. The van der Waals surface area contributed by atoms with Gasteiger partial charge in [0.25, 0.3) is 5.91 Å². The highest BCUT2D eigenvalue weighted by Gasteiger charge is 2.40. The smallest absolute Gasteiger partial charge is 0.309 e. The molecule has 142 valence electrons. The highest BCUT2D eigenvalue weighted by atomic mass is 16.5. The first-order chi connectivity index (χ1) is 12.5. The molecule has 2 saturated heterocycles. The zero-order chi connectivity index (χ0) is 18.7. The van der Waals surface area contributed by atoms with Gasteiger partial charge in [-0.3, -0.25) is 9.59 Å². The van der Waals surface area contributed by atoms with Crippen molar-refractivity contribution in [2.75, 3.05) is 19.7 Å². The summed E-state index contributed by atoms with van der Waals surface area (Å²) in [4.78, 5) is 30.0. The first-order valence-electron chi connectivity index (χ1n) is 9.22. The van der Waals surface area contributed by atoms with Crippen LogP contribution < -0.4 is 4.74 Å². The third kappa shape index (κ3) is 4.15. The number of amides is 1. The minimum atomic E-state index is -0.777. The van der Waals surface area contributed by atoms with Gasteiger partial charge in [0.2, 0.25) is 5.88 Å². The van der Waals surface area contributed by atoms with E-state index in [-0.39, 0.29) is 24.0 Å². The van der Waals surface area contributed by atoms with Crippen LogP contribution in [0.25, 0.3) is 0 Å². The Morgan fingerprint density at radius 3 is 2.58 bits per heavy atom. The molecule has 2 aliphatic rings. The summed E-state index contributed by atoms with van der Waals surface area (Å²) in [6.45, 7) is 5.58. The van der Waals surface area contributed by atoms with E-state index in [0.717, 1.165) is 12.8 Å². The summed E-state index contributed by atoms with van der Waals surface area (Å²) in [5.74, 6) is -0.536. The zero-order valence-corrected chi connectivity index (χ0v) is 15.3. The molecular weight excluding hydrogens is 336 g/mol. The van der Waals surface area contributed by atoms with E-state index in [9.17, 15) is 14.7 Å². The maximum absolute atomic E-state index is 12.7. The Labute approximate surface area is 153 Å². The molecule has 3 rings (SSSR count). The summed E-state index contributed by atoms with van der Waals surface area (Å²) >= 11 is 0. The fraction of sp³-hybridized carbons (Fsp3) is 0.632. The standard InChI is InChI=1S/C19H26N2O5/c1-12(2)26-16-4-3-14(11-20-16)18(22)21-8-5-13(6-9-21)17-15(19(23)24)7-10-25-17/h3-4,11-13,15,17H,5-10H2,1-2H3,(H,23,24)/t15?,17-/m0/s1. The Balaban J connectivity index is 1.56. The normalized spacial score (nSPS) is 24.0. The predicted molar refractivity (Wildman–Crippen MR) is 94.1 cm³/mol. The van der Waals surface area contributed by atoms with E-state index in [0.29, 0.717) is 37.6 Å². The van der Waals surface area contributed by atoms with Gasteiger partial charge in [-0.2, -0.15) is 0 Å². The van der Waals surface area contributed by atoms with Crippen molar-refractivity contribution < 1.29 is 24.2 Å². The lowest BCUT2D eigenvalue weighted by Crippen LogP contribution is -2.43. The van der Waals surface area contributed by atoms with E-state index < -0.39 is 11.9 Å². The number of aromatic nitrogens is 1. The number of hydrogen-bond donors (Lipinski definition) is 1. The van der Waals surface area contributed by atoms with Crippen LogP contribution in [0.4, 0.5) is 0 Å². The lowest BCUT2D eigenvalue weighted by molar-refractivity contribution is -0.145. The molecule has 2 aliphatic heterocycles. The lowest BCUT2D eigenvalue weighted by Gasteiger charge is -2.35. The number of carboxylic acid groups (broad SMARTS) is 1. The van der Waals surface area contributed by atoms with Gasteiger partial charge >= 0.3 is 5.97 Å². The molecule has 0 aliphatic carbocycles. The number of likely N-dealkylation sites (tertiary alicyclic amines) is 1. The molecule has 1 unspecified atom stereocenters. The highest BCUT2D eigenvalue weighted by molar-refractivity contribution is 5.94. The number of carbonyl (C=O) groups is 2. The number of aliphatic carboxylic acids is 1. The van der Waals surface area contributed by atoms with Gasteiger partial charge in [-0.15, -0.1) is 0 Å². The van der Waals surface area contributed by atoms with E-state index in [1.165, 1.54) is 0 Å². The van der Waals surface area contributed by atoms with Crippen molar-refractivity contribution in [3.8, 4) is 5.88 Å². The van der Waals surface area contributed by atoms with Gasteiger partial charge in [0.05, 0.1) is 23.7 Å². The van der Waals surface area contributed by atoms with Crippen LogP contribution in [0.15, 0.2) is 18.3 Å². The second kappa shape index (κ2) is 8.03. The molecule has 2 fully saturated rings. The van der Waals surface area contributed by atoms with Crippen molar-refractivity contribution in [3.05, 3.63) is 23.9 Å². The highest BCUT2D eigenvalue weighted by Crippen LogP contribution is 2.33. The van der Waals surface area contributed by atoms with Gasteiger partial charge in [-0.25, -0.2) is 4.98 Å². The van der Waals surface area contributed by atoms with E-state index in [1.54, 1.807) is 23.2 Å². The van der Waals surface area contributed by atoms with Gasteiger partial charge < -0.3 is 19.5 Å². The van der Waals surface area contributed by atoms with Crippen molar-refractivity contribution in [3.63, 3.8) is 0 Å². The van der Waals surface area contributed by atoms with Crippen LogP contribution in [0.3, 0.4) is 0 Å². The summed E-state index contributed by atoms with van der Waals surface area (Å²) in [6.07, 6.45) is 3.47. The number of pyridine rings is 1. The largest absolute Gasteiger partial charge is 0.481 e. The number of ether oxygens (including phenoxy) is 2. The van der Waals surface area contributed by atoms with Gasteiger partial charge in [-0.1, -0.05) is 0 Å². The van der Waals surface area contributed by atoms with Crippen LogP contribution >= 0.6 is 0 Å². The third-order valence-electron chi connectivity index (χ3n) is 5.08. The average Bonchev–Trinajstić information content (AvgIpc) is 3.11. The van der Waals surface area contributed by atoms with Gasteiger partial charge in [0.1, 0.15) is 0 Å². The van der Waals surface area contributed by atoms with Crippen molar-refractivity contribution in [2.45, 2.75) is 45.3 Å².